The molecule has 0 aromatic carbocycles. The first-order valence-corrected chi connectivity index (χ1v) is 9.07. The van der Waals surface area contributed by atoms with Crippen LogP contribution in [0.3, 0.4) is 0 Å². The van der Waals surface area contributed by atoms with Crippen molar-refractivity contribution >= 4 is 17.7 Å². The van der Waals surface area contributed by atoms with E-state index in [4.69, 9.17) is 4.74 Å². The lowest BCUT2D eigenvalue weighted by atomic mass is 10.2. The number of carbonyl (C=O) groups is 1. The molecule has 1 aliphatic rings. The van der Waals surface area contributed by atoms with Gasteiger partial charge in [-0.15, -0.1) is 0 Å². The molecular formula is C18H25N7O2. The van der Waals surface area contributed by atoms with Crippen molar-refractivity contribution in [3.05, 3.63) is 36.0 Å². The number of aryl methyl sites for hydroxylation is 1. The maximum Gasteiger partial charge on any atom is 0.272 e. The summed E-state index contributed by atoms with van der Waals surface area (Å²) in [5, 5.41) is 3.22. The zero-order chi connectivity index (χ0) is 19.1. The molecular weight excluding hydrogens is 346 g/mol. The highest BCUT2D eigenvalue weighted by Gasteiger charge is 2.24. The van der Waals surface area contributed by atoms with Crippen LogP contribution < -0.4 is 10.2 Å². The van der Waals surface area contributed by atoms with Crippen LogP contribution in [0.25, 0.3) is 0 Å². The number of carbonyl (C=O) groups excluding carboxylic acids is 1. The summed E-state index contributed by atoms with van der Waals surface area (Å²) in [4.78, 5) is 34.0. The smallest absolute Gasteiger partial charge is 0.272 e. The van der Waals surface area contributed by atoms with Gasteiger partial charge in [-0.05, 0) is 19.4 Å². The summed E-state index contributed by atoms with van der Waals surface area (Å²) in [6.07, 6.45) is 4.32. The lowest BCUT2D eigenvalue weighted by Gasteiger charge is -2.34. The Morgan fingerprint density at radius 1 is 1.19 bits per heavy atom. The number of ether oxygens (including phenoxy) is 1. The van der Waals surface area contributed by atoms with Gasteiger partial charge in [-0.3, -0.25) is 4.79 Å². The first-order valence-electron chi connectivity index (χ1n) is 9.07. The Morgan fingerprint density at radius 3 is 2.63 bits per heavy atom. The topological polar surface area (TPSA) is 96.4 Å². The average molecular weight is 371 g/mol. The molecule has 1 saturated heterocycles. The molecule has 2 aromatic heterocycles. The molecule has 0 spiro atoms. The van der Waals surface area contributed by atoms with Gasteiger partial charge in [-0.2, -0.15) is 0 Å². The van der Waals surface area contributed by atoms with Crippen molar-refractivity contribution in [3.8, 4) is 0 Å². The van der Waals surface area contributed by atoms with Gasteiger partial charge in [0.15, 0.2) is 0 Å². The van der Waals surface area contributed by atoms with E-state index in [1.807, 2.05) is 4.90 Å². The highest BCUT2D eigenvalue weighted by Crippen LogP contribution is 2.14. The third-order valence-electron chi connectivity index (χ3n) is 4.29. The second-order valence-corrected chi connectivity index (χ2v) is 6.29. The number of aromatic nitrogens is 4. The van der Waals surface area contributed by atoms with E-state index in [9.17, 15) is 4.79 Å². The largest absolute Gasteiger partial charge is 0.385 e. The number of rotatable bonds is 7. The molecule has 27 heavy (non-hydrogen) atoms. The van der Waals surface area contributed by atoms with E-state index in [0.717, 1.165) is 13.0 Å². The molecule has 1 amide bonds. The van der Waals surface area contributed by atoms with E-state index in [0.29, 0.717) is 56.1 Å². The molecule has 0 radical (unpaired) electrons. The first-order chi connectivity index (χ1) is 13.2. The Morgan fingerprint density at radius 2 is 1.93 bits per heavy atom. The number of nitrogens with zero attached hydrogens (tertiary/aromatic N) is 6. The molecule has 0 unspecified atom stereocenters. The molecule has 3 heterocycles. The van der Waals surface area contributed by atoms with Gasteiger partial charge in [0.25, 0.3) is 5.91 Å². The van der Waals surface area contributed by atoms with Gasteiger partial charge in [0.05, 0.1) is 0 Å². The van der Waals surface area contributed by atoms with Crippen molar-refractivity contribution in [2.24, 2.45) is 0 Å². The van der Waals surface area contributed by atoms with Crippen molar-refractivity contribution in [2.45, 2.75) is 13.3 Å². The van der Waals surface area contributed by atoms with Gasteiger partial charge in [0.2, 0.25) is 5.95 Å². The van der Waals surface area contributed by atoms with E-state index in [1.165, 1.54) is 0 Å². The number of anilines is 2. The maximum atomic E-state index is 12.9. The average Bonchev–Trinajstić information content (AvgIpc) is 2.71. The molecule has 0 aliphatic carbocycles. The van der Waals surface area contributed by atoms with Crippen LogP contribution in [0.5, 0.6) is 0 Å². The van der Waals surface area contributed by atoms with Crippen LogP contribution in [0.1, 0.15) is 22.7 Å². The first kappa shape index (κ1) is 19.0. The number of amides is 1. The van der Waals surface area contributed by atoms with Crippen molar-refractivity contribution < 1.29 is 9.53 Å². The predicted molar refractivity (Wildman–Crippen MR) is 102 cm³/mol. The van der Waals surface area contributed by atoms with E-state index >= 15 is 0 Å². The lowest BCUT2D eigenvalue weighted by Crippen LogP contribution is -2.49. The summed E-state index contributed by atoms with van der Waals surface area (Å²) in [6, 6.07) is 3.51. The zero-order valence-electron chi connectivity index (χ0n) is 15.8. The molecule has 1 N–H and O–H groups in total. The van der Waals surface area contributed by atoms with Gasteiger partial charge in [-0.25, -0.2) is 19.9 Å². The number of hydrogen-bond donors (Lipinski definition) is 1. The van der Waals surface area contributed by atoms with Crippen LogP contribution in [-0.2, 0) is 4.74 Å². The van der Waals surface area contributed by atoms with Crippen LogP contribution in [-0.4, -0.2) is 77.2 Å². The van der Waals surface area contributed by atoms with Gasteiger partial charge in [0.1, 0.15) is 17.3 Å². The minimum atomic E-state index is -0.0749. The number of piperazine rings is 1. The molecule has 9 heteroatoms. The van der Waals surface area contributed by atoms with Crippen molar-refractivity contribution in [3.63, 3.8) is 0 Å². The van der Waals surface area contributed by atoms with Crippen molar-refractivity contribution in [1.29, 1.82) is 0 Å². The molecule has 144 valence electrons. The fourth-order valence-corrected chi connectivity index (χ4v) is 2.93. The summed E-state index contributed by atoms with van der Waals surface area (Å²) >= 11 is 0. The van der Waals surface area contributed by atoms with E-state index in [2.05, 4.69) is 30.2 Å². The van der Waals surface area contributed by atoms with Crippen LogP contribution in [0, 0.1) is 6.92 Å². The standard InChI is InChI=1S/C18H25N7O2/c1-14-22-15(13-16(23-14)19-7-4-12-27-2)17(26)24-8-10-25(11-9-24)18-20-5-3-6-21-18/h3,5-6,13H,4,7-12H2,1-2H3,(H,19,22,23). The van der Waals surface area contributed by atoms with Crippen LogP contribution in [0.15, 0.2) is 24.5 Å². The Hall–Kier alpha value is -2.81. The monoisotopic (exact) mass is 371 g/mol. The molecule has 3 rings (SSSR count). The summed E-state index contributed by atoms with van der Waals surface area (Å²) < 4.78 is 5.04. The predicted octanol–water partition coefficient (Wildman–Crippen LogP) is 0.986. The molecule has 0 bridgehead atoms. The molecule has 2 aromatic rings. The summed E-state index contributed by atoms with van der Waals surface area (Å²) in [5.41, 5.74) is 0.418. The highest BCUT2D eigenvalue weighted by molar-refractivity contribution is 5.93. The summed E-state index contributed by atoms with van der Waals surface area (Å²) in [5.74, 6) is 1.86. The van der Waals surface area contributed by atoms with Crippen molar-refractivity contribution in [1.82, 2.24) is 24.8 Å². The lowest BCUT2D eigenvalue weighted by molar-refractivity contribution is 0.0740. The quantitative estimate of drug-likeness (QED) is 0.720. The van der Waals surface area contributed by atoms with E-state index in [-0.39, 0.29) is 5.91 Å². The van der Waals surface area contributed by atoms with Crippen LogP contribution in [0.2, 0.25) is 0 Å². The number of hydrogen-bond acceptors (Lipinski definition) is 8. The normalized spacial score (nSPS) is 14.3. The summed E-state index contributed by atoms with van der Waals surface area (Å²) in [7, 11) is 1.68. The zero-order valence-corrected chi connectivity index (χ0v) is 15.8. The van der Waals surface area contributed by atoms with Gasteiger partial charge in [0, 0.05) is 64.9 Å². The SMILES string of the molecule is COCCCNc1cc(C(=O)N2CCN(c3ncccn3)CC2)nc(C)n1. The fraction of sp³-hybridized carbons (Fsp3) is 0.500. The van der Waals surface area contributed by atoms with Gasteiger partial charge in [-0.1, -0.05) is 0 Å². The second-order valence-electron chi connectivity index (χ2n) is 6.29. The Kier molecular flexibility index (Phi) is 6.48. The Bertz CT molecular complexity index is 749. The fourth-order valence-electron chi connectivity index (χ4n) is 2.93. The number of nitrogens with one attached hydrogen (secondary N) is 1. The van der Waals surface area contributed by atoms with Crippen molar-refractivity contribution in [2.75, 3.05) is 56.7 Å². The van der Waals surface area contributed by atoms with Gasteiger partial charge >= 0.3 is 0 Å². The minimum absolute atomic E-state index is 0.0749. The van der Waals surface area contributed by atoms with Gasteiger partial charge < -0.3 is 19.9 Å². The molecule has 9 nitrogen and oxygen atoms in total. The van der Waals surface area contributed by atoms with Crippen LogP contribution in [0.4, 0.5) is 11.8 Å². The molecule has 1 fully saturated rings. The Labute approximate surface area is 158 Å². The molecule has 0 saturated carbocycles. The Balaban J connectivity index is 1.60. The van der Waals surface area contributed by atoms with E-state index < -0.39 is 0 Å². The highest BCUT2D eigenvalue weighted by atomic mass is 16.5. The molecule has 0 atom stereocenters. The molecule has 1 aliphatic heterocycles. The second kappa shape index (κ2) is 9.22. The number of methoxy groups -OCH3 is 1. The minimum Gasteiger partial charge on any atom is -0.385 e. The van der Waals surface area contributed by atoms with Crippen LogP contribution >= 0.6 is 0 Å². The maximum absolute atomic E-state index is 12.9. The summed E-state index contributed by atoms with van der Waals surface area (Å²) in [6.45, 7) is 5.81. The third kappa shape index (κ3) is 5.10. The van der Waals surface area contributed by atoms with E-state index in [1.54, 1.807) is 38.6 Å². The third-order valence-corrected chi connectivity index (χ3v) is 4.29.